The van der Waals surface area contributed by atoms with Crippen molar-refractivity contribution in [3.63, 3.8) is 0 Å². The van der Waals surface area contributed by atoms with Crippen molar-refractivity contribution in [3.05, 3.63) is 44.8 Å². The predicted molar refractivity (Wildman–Crippen MR) is 86.3 cm³/mol. The zero-order valence-electron chi connectivity index (χ0n) is 11.6. The molecule has 19 heavy (non-hydrogen) atoms. The van der Waals surface area contributed by atoms with Crippen LogP contribution in [0.5, 0.6) is 0 Å². The van der Waals surface area contributed by atoms with Gasteiger partial charge < -0.3 is 5.32 Å². The Kier molecular flexibility index (Phi) is 6.04. The van der Waals surface area contributed by atoms with E-state index in [0.717, 1.165) is 26.1 Å². The summed E-state index contributed by atoms with van der Waals surface area (Å²) in [5.74, 6) is 0. The highest BCUT2D eigenvalue weighted by Crippen LogP contribution is 2.22. The lowest BCUT2D eigenvalue weighted by atomic mass is 10.2. The Labute approximate surface area is 124 Å². The van der Waals surface area contributed by atoms with E-state index < -0.39 is 0 Å². The quantitative estimate of drug-likeness (QED) is 0.748. The molecular formula is C15H22N2S2. The lowest BCUT2D eigenvalue weighted by molar-refractivity contribution is 0.265. The van der Waals surface area contributed by atoms with Crippen LogP contribution < -0.4 is 5.32 Å². The van der Waals surface area contributed by atoms with Gasteiger partial charge in [0.05, 0.1) is 0 Å². The number of rotatable bonds is 8. The summed E-state index contributed by atoms with van der Waals surface area (Å²) in [5, 5.41) is 7.82. The third-order valence-electron chi connectivity index (χ3n) is 3.39. The molecule has 2 aromatic rings. The van der Waals surface area contributed by atoms with Gasteiger partial charge in [0.1, 0.15) is 0 Å². The zero-order valence-corrected chi connectivity index (χ0v) is 13.3. The van der Waals surface area contributed by atoms with Gasteiger partial charge in [-0.3, -0.25) is 4.90 Å². The first-order valence-electron chi connectivity index (χ1n) is 6.74. The molecule has 0 saturated carbocycles. The normalized spacial score (nSPS) is 13.0. The molecule has 2 heterocycles. The van der Waals surface area contributed by atoms with Crippen molar-refractivity contribution < 1.29 is 0 Å². The van der Waals surface area contributed by atoms with Gasteiger partial charge in [0.2, 0.25) is 0 Å². The van der Waals surface area contributed by atoms with Crippen LogP contribution in [0.2, 0.25) is 0 Å². The van der Waals surface area contributed by atoms with Crippen molar-refractivity contribution in [2.45, 2.75) is 19.4 Å². The second-order valence-corrected chi connectivity index (χ2v) is 6.76. The minimum atomic E-state index is 0.513. The van der Waals surface area contributed by atoms with Gasteiger partial charge in [0.15, 0.2) is 0 Å². The van der Waals surface area contributed by atoms with Gasteiger partial charge >= 0.3 is 0 Å². The third-order valence-corrected chi connectivity index (χ3v) is 5.36. The molecule has 2 aromatic heterocycles. The summed E-state index contributed by atoms with van der Waals surface area (Å²) in [6, 6.07) is 9.19. The molecule has 0 aliphatic heterocycles. The van der Waals surface area contributed by atoms with Crippen molar-refractivity contribution >= 4 is 22.7 Å². The molecule has 2 rings (SSSR count). The standard InChI is InChI=1S/C15H22N2S2/c1-13(15-6-4-12-19-15)17(2)10-9-16-8-7-14-5-3-11-18-14/h3-6,11-13,16H,7-10H2,1-2H3. The molecule has 0 aromatic carbocycles. The molecule has 0 aliphatic carbocycles. The van der Waals surface area contributed by atoms with E-state index in [1.54, 1.807) is 0 Å². The molecular weight excluding hydrogens is 272 g/mol. The van der Waals surface area contributed by atoms with Gasteiger partial charge in [-0.2, -0.15) is 0 Å². The molecule has 104 valence electrons. The van der Waals surface area contributed by atoms with E-state index in [-0.39, 0.29) is 0 Å². The fourth-order valence-corrected chi connectivity index (χ4v) is 3.54. The highest BCUT2D eigenvalue weighted by atomic mass is 32.1. The maximum Gasteiger partial charge on any atom is 0.0410 e. The van der Waals surface area contributed by atoms with Gasteiger partial charge in [0.25, 0.3) is 0 Å². The topological polar surface area (TPSA) is 15.3 Å². The number of hydrogen-bond donors (Lipinski definition) is 1. The lowest BCUT2D eigenvalue weighted by Crippen LogP contribution is -2.31. The van der Waals surface area contributed by atoms with Crippen LogP contribution in [0, 0.1) is 0 Å². The van der Waals surface area contributed by atoms with Crippen molar-refractivity contribution in [3.8, 4) is 0 Å². The van der Waals surface area contributed by atoms with E-state index >= 15 is 0 Å². The molecule has 1 N–H and O–H groups in total. The van der Waals surface area contributed by atoms with Crippen LogP contribution >= 0.6 is 22.7 Å². The van der Waals surface area contributed by atoms with Gasteiger partial charge in [0, 0.05) is 35.4 Å². The second-order valence-electron chi connectivity index (χ2n) is 4.75. The maximum absolute atomic E-state index is 3.52. The molecule has 1 unspecified atom stereocenters. The van der Waals surface area contributed by atoms with E-state index in [2.05, 4.69) is 59.2 Å². The highest BCUT2D eigenvalue weighted by molar-refractivity contribution is 7.10. The Morgan fingerprint density at radius 2 is 1.95 bits per heavy atom. The first-order valence-corrected chi connectivity index (χ1v) is 8.50. The van der Waals surface area contributed by atoms with Crippen molar-refractivity contribution in [1.82, 2.24) is 10.2 Å². The van der Waals surface area contributed by atoms with Crippen molar-refractivity contribution in [2.24, 2.45) is 0 Å². The van der Waals surface area contributed by atoms with Crippen LogP contribution in [0.3, 0.4) is 0 Å². The number of nitrogens with one attached hydrogen (secondary N) is 1. The fourth-order valence-electron chi connectivity index (χ4n) is 1.99. The summed E-state index contributed by atoms with van der Waals surface area (Å²) < 4.78 is 0. The van der Waals surface area contributed by atoms with Crippen molar-refractivity contribution in [2.75, 3.05) is 26.7 Å². The van der Waals surface area contributed by atoms with Crippen LogP contribution in [0.1, 0.15) is 22.7 Å². The molecule has 0 radical (unpaired) electrons. The Bertz CT molecular complexity index is 437. The second kappa shape index (κ2) is 7.80. The van der Waals surface area contributed by atoms with Crippen LogP contribution in [-0.4, -0.2) is 31.6 Å². The lowest BCUT2D eigenvalue weighted by Gasteiger charge is -2.23. The molecule has 0 amide bonds. The molecule has 0 saturated heterocycles. The Balaban J connectivity index is 1.60. The fraction of sp³-hybridized carbons (Fsp3) is 0.467. The minimum absolute atomic E-state index is 0.513. The third kappa shape index (κ3) is 4.73. The summed E-state index contributed by atoms with van der Waals surface area (Å²) in [6.45, 7) is 5.49. The summed E-state index contributed by atoms with van der Waals surface area (Å²) in [4.78, 5) is 5.32. The molecule has 0 aliphatic rings. The molecule has 4 heteroatoms. The predicted octanol–water partition coefficient (Wildman–Crippen LogP) is 3.63. The SMILES string of the molecule is CC(c1cccs1)N(C)CCNCCc1cccs1. The van der Waals surface area contributed by atoms with Crippen LogP contribution in [0.25, 0.3) is 0 Å². The largest absolute Gasteiger partial charge is 0.315 e. The van der Waals surface area contributed by atoms with E-state index in [4.69, 9.17) is 0 Å². The zero-order chi connectivity index (χ0) is 13.5. The van der Waals surface area contributed by atoms with Gasteiger partial charge in [-0.25, -0.2) is 0 Å². The van der Waals surface area contributed by atoms with E-state index in [1.807, 2.05) is 22.7 Å². The Hall–Kier alpha value is -0.680. The summed E-state index contributed by atoms with van der Waals surface area (Å²) in [5.41, 5.74) is 0. The number of nitrogens with zero attached hydrogens (tertiary/aromatic N) is 1. The molecule has 1 atom stereocenters. The van der Waals surface area contributed by atoms with Crippen molar-refractivity contribution in [1.29, 1.82) is 0 Å². The van der Waals surface area contributed by atoms with Crippen LogP contribution in [0.4, 0.5) is 0 Å². The summed E-state index contributed by atoms with van der Waals surface area (Å²) >= 11 is 3.68. The van der Waals surface area contributed by atoms with E-state index in [1.165, 1.54) is 9.75 Å². The van der Waals surface area contributed by atoms with E-state index in [0.29, 0.717) is 6.04 Å². The average molecular weight is 294 g/mol. The smallest absolute Gasteiger partial charge is 0.0410 e. The van der Waals surface area contributed by atoms with Crippen LogP contribution in [-0.2, 0) is 6.42 Å². The molecule has 0 spiro atoms. The summed E-state index contributed by atoms with van der Waals surface area (Å²) in [7, 11) is 2.20. The Morgan fingerprint density at radius 3 is 2.63 bits per heavy atom. The monoisotopic (exact) mass is 294 g/mol. The molecule has 0 bridgehead atoms. The first kappa shape index (κ1) is 14.7. The highest BCUT2D eigenvalue weighted by Gasteiger charge is 2.11. The number of hydrogen-bond acceptors (Lipinski definition) is 4. The summed E-state index contributed by atoms with van der Waals surface area (Å²) in [6.07, 6.45) is 1.14. The van der Waals surface area contributed by atoms with Gasteiger partial charge in [-0.05, 0) is 43.3 Å². The maximum atomic E-state index is 3.52. The Morgan fingerprint density at radius 1 is 1.16 bits per heavy atom. The first-order chi connectivity index (χ1) is 9.27. The van der Waals surface area contributed by atoms with Crippen LogP contribution in [0.15, 0.2) is 35.0 Å². The average Bonchev–Trinajstić information content (AvgIpc) is 3.10. The number of likely N-dealkylation sites (N-methyl/N-ethyl adjacent to an activating group) is 1. The van der Waals surface area contributed by atoms with Gasteiger partial charge in [-0.15, -0.1) is 22.7 Å². The number of thiophene rings is 2. The molecule has 2 nitrogen and oxygen atoms in total. The van der Waals surface area contributed by atoms with E-state index in [9.17, 15) is 0 Å². The molecule has 0 fully saturated rings. The minimum Gasteiger partial charge on any atom is -0.315 e. The van der Waals surface area contributed by atoms with Gasteiger partial charge in [-0.1, -0.05) is 12.1 Å².